The first-order chi connectivity index (χ1) is 9.90. The Morgan fingerprint density at radius 3 is 2.71 bits per heavy atom. The Morgan fingerprint density at radius 1 is 1.38 bits per heavy atom. The van der Waals surface area contributed by atoms with E-state index in [9.17, 15) is 23.7 Å². The van der Waals surface area contributed by atoms with Gasteiger partial charge in [0.25, 0.3) is 11.6 Å². The summed E-state index contributed by atoms with van der Waals surface area (Å²) in [5.74, 6) is -3.17. The SMILES string of the molecule is O=C(Nc1c(F)cc(F)cc1[N+](=O)[O-])c1cccnc1Br. The van der Waals surface area contributed by atoms with Crippen LogP contribution in [0.5, 0.6) is 0 Å². The molecule has 1 aromatic carbocycles. The number of nitro groups is 1. The quantitative estimate of drug-likeness (QED) is 0.518. The van der Waals surface area contributed by atoms with Crippen LogP contribution in [-0.4, -0.2) is 15.8 Å². The standard InChI is InChI=1S/C12H6BrF2N3O3/c13-11-7(2-1-3-16-11)12(19)17-10-8(15)4-6(14)5-9(10)18(20)21/h1-5H,(H,17,19). The van der Waals surface area contributed by atoms with Crippen LogP contribution in [0.2, 0.25) is 0 Å². The summed E-state index contributed by atoms with van der Waals surface area (Å²) in [4.78, 5) is 25.6. The minimum atomic E-state index is -1.24. The Kier molecular flexibility index (Phi) is 4.22. The predicted molar refractivity (Wildman–Crippen MR) is 72.9 cm³/mol. The highest BCUT2D eigenvalue weighted by molar-refractivity contribution is 9.10. The van der Waals surface area contributed by atoms with E-state index in [0.29, 0.717) is 12.1 Å². The van der Waals surface area contributed by atoms with Crippen molar-refractivity contribution in [3.05, 3.63) is 62.4 Å². The van der Waals surface area contributed by atoms with E-state index in [4.69, 9.17) is 0 Å². The molecule has 2 rings (SSSR count). The number of rotatable bonds is 3. The number of pyridine rings is 1. The maximum atomic E-state index is 13.7. The second kappa shape index (κ2) is 5.92. The third kappa shape index (κ3) is 3.19. The highest BCUT2D eigenvalue weighted by Gasteiger charge is 2.23. The molecule has 1 amide bonds. The molecule has 1 heterocycles. The van der Waals surface area contributed by atoms with Crippen molar-refractivity contribution >= 4 is 33.2 Å². The Bertz CT molecular complexity index is 740. The summed E-state index contributed by atoms with van der Waals surface area (Å²) in [5.41, 5.74) is -1.53. The van der Waals surface area contributed by atoms with Crippen LogP contribution in [0.1, 0.15) is 10.4 Å². The Labute approximate surface area is 125 Å². The van der Waals surface area contributed by atoms with Gasteiger partial charge in [-0.15, -0.1) is 0 Å². The van der Waals surface area contributed by atoms with E-state index in [1.807, 2.05) is 0 Å². The molecule has 0 bridgehead atoms. The number of aromatic nitrogens is 1. The zero-order chi connectivity index (χ0) is 15.6. The molecule has 0 saturated heterocycles. The maximum absolute atomic E-state index is 13.7. The van der Waals surface area contributed by atoms with Gasteiger partial charge in [-0.2, -0.15) is 0 Å². The maximum Gasteiger partial charge on any atom is 0.298 e. The van der Waals surface area contributed by atoms with E-state index < -0.39 is 33.8 Å². The van der Waals surface area contributed by atoms with Gasteiger partial charge in [0.05, 0.1) is 16.6 Å². The number of carbonyl (C=O) groups is 1. The lowest BCUT2D eigenvalue weighted by Gasteiger charge is -2.08. The fourth-order valence-corrected chi connectivity index (χ4v) is 1.99. The number of anilines is 1. The van der Waals surface area contributed by atoms with Crippen molar-refractivity contribution in [2.45, 2.75) is 0 Å². The first-order valence-electron chi connectivity index (χ1n) is 5.45. The number of amides is 1. The monoisotopic (exact) mass is 357 g/mol. The molecule has 108 valence electrons. The second-order valence-electron chi connectivity index (χ2n) is 3.83. The van der Waals surface area contributed by atoms with Crippen molar-refractivity contribution in [2.75, 3.05) is 5.32 Å². The molecule has 0 unspecified atom stereocenters. The van der Waals surface area contributed by atoms with Crippen LogP contribution in [0.4, 0.5) is 20.2 Å². The van der Waals surface area contributed by atoms with Crippen LogP contribution < -0.4 is 5.32 Å². The molecular weight excluding hydrogens is 352 g/mol. The molecule has 0 aliphatic heterocycles. The number of hydrogen-bond donors (Lipinski definition) is 1. The lowest BCUT2D eigenvalue weighted by Crippen LogP contribution is -2.15. The van der Waals surface area contributed by atoms with Gasteiger partial charge in [0.2, 0.25) is 0 Å². The van der Waals surface area contributed by atoms with Gasteiger partial charge in [-0.1, -0.05) is 0 Å². The van der Waals surface area contributed by atoms with Gasteiger partial charge in [0.15, 0.2) is 11.5 Å². The van der Waals surface area contributed by atoms with E-state index >= 15 is 0 Å². The number of nitro benzene ring substituents is 1. The lowest BCUT2D eigenvalue weighted by molar-refractivity contribution is -0.384. The Hall–Kier alpha value is -2.42. The zero-order valence-electron chi connectivity index (χ0n) is 10.1. The molecule has 0 aliphatic rings. The first-order valence-corrected chi connectivity index (χ1v) is 6.24. The average Bonchev–Trinajstić information content (AvgIpc) is 2.41. The average molecular weight is 358 g/mol. The van der Waals surface area contributed by atoms with Crippen LogP contribution in [0.25, 0.3) is 0 Å². The van der Waals surface area contributed by atoms with Crippen LogP contribution in [0.3, 0.4) is 0 Å². The smallest absolute Gasteiger partial charge is 0.298 e. The molecule has 0 atom stereocenters. The molecule has 21 heavy (non-hydrogen) atoms. The van der Waals surface area contributed by atoms with Crippen molar-refractivity contribution in [3.8, 4) is 0 Å². The van der Waals surface area contributed by atoms with E-state index in [1.165, 1.54) is 18.3 Å². The normalized spacial score (nSPS) is 10.2. The molecule has 0 aliphatic carbocycles. The summed E-state index contributed by atoms with van der Waals surface area (Å²) in [6.45, 7) is 0. The molecule has 0 spiro atoms. The van der Waals surface area contributed by atoms with Gasteiger partial charge in [-0.05, 0) is 28.1 Å². The van der Waals surface area contributed by atoms with Crippen LogP contribution in [-0.2, 0) is 0 Å². The molecule has 2 aromatic rings. The van der Waals surface area contributed by atoms with Crippen molar-refractivity contribution in [2.24, 2.45) is 0 Å². The van der Waals surface area contributed by atoms with Crippen molar-refractivity contribution in [3.63, 3.8) is 0 Å². The summed E-state index contributed by atoms with van der Waals surface area (Å²) in [6, 6.07) is 3.83. The Balaban J connectivity index is 2.42. The number of nitrogens with one attached hydrogen (secondary N) is 1. The lowest BCUT2D eigenvalue weighted by atomic mass is 10.2. The van der Waals surface area contributed by atoms with E-state index in [1.54, 1.807) is 0 Å². The third-order valence-corrected chi connectivity index (χ3v) is 3.11. The summed E-state index contributed by atoms with van der Waals surface area (Å²) >= 11 is 3.03. The number of halogens is 3. The first kappa shape index (κ1) is 15.0. The van der Waals surface area contributed by atoms with Crippen LogP contribution in [0.15, 0.2) is 35.1 Å². The fraction of sp³-hybridized carbons (Fsp3) is 0. The topological polar surface area (TPSA) is 85.1 Å². The second-order valence-corrected chi connectivity index (χ2v) is 4.59. The Morgan fingerprint density at radius 2 is 2.10 bits per heavy atom. The molecule has 6 nitrogen and oxygen atoms in total. The van der Waals surface area contributed by atoms with Crippen LogP contribution in [0, 0.1) is 21.7 Å². The highest BCUT2D eigenvalue weighted by Crippen LogP contribution is 2.29. The van der Waals surface area contributed by atoms with E-state index in [-0.39, 0.29) is 10.2 Å². The van der Waals surface area contributed by atoms with Crippen molar-refractivity contribution < 1.29 is 18.5 Å². The summed E-state index contributed by atoms with van der Waals surface area (Å²) in [7, 11) is 0. The fourth-order valence-electron chi connectivity index (χ4n) is 1.56. The van der Waals surface area contributed by atoms with Gasteiger partial charge < -0.3 is 5.32 Å². The number of hydrogen-bond acceptors (Lipinski definition) is 4. The van der Waals surface area contributed by atoms with Gasteiger partial charge in [0.1, 0.15) is 10.4 Å². The molecule has 1 N–H and O–H groups in total. The van der Waals surface area contributed by atoms with Crippen molar-refractivity contribution in [1.29, 1.82) is 0 Å². The minimum absolute atomic E-state index is 0.0514. The zero-order valence-corrected chi connectivity index (χ0v) is 11.7. The summed E-state index contributed by atoms with van der Waals surface area (Å²) in [6.07, 6.45) is 1.42. The predicted octanol–water partition coefficient (Wildman–Crippen LogP) is 3.28. The number of benzene rings is 1. The molecule has 0 saturated carbocycles. The molecular formula is C12H6BrF2N3O3. The van der Waals surface area contributed by atoms with Gasteiger partial charge in [0, 0.05) is 12.3 Å². The van der Waals surface area contributed by atoms with Gasteiger partial charge in [-0.3, -0.25) is 14.9 Å². The largest absolute Gasteiger partial charge is 0.314 e. The molecule has 0 radical (unpaired) electrons. The number of nitrogens with zero attached hydrogens (tertiary/aromatic N) is 2. The van der Waals surface area contributed by atoms with E-state index in [0.717, 1.165) is 0 Å². The molecule has 9 heteroatoms. The summed E-state index contributed by atoms with van der Waals surface area (Å²) in [5, 5.41) is 12.9. The van der Waals surface area contributed by atoms with E-state index in [2.05, 4.69) is 26.2 Å². The van der Waals surface area contributed by atoms with Crippen molar-refractivity contribution in [1.82, 2.24) is 4.98 Å². The summed E-state index contributed by atoms with van der Waals surface area (Å²) < 4.78 is 26.9. The molecule has 1 aromatic heterocycles. The molecule has 0 fully saturated rings. The van der Waals surface area contributed by atoms with Gasteiger partial charge in [-0.25, -0.2) is 13.8 Å². The minimum Gasteiger partial charge on any atom is -0.314 e. The van der Waals surface area contributed by atoms with Crippen LogP contribution >= 0.6 is 15.9 Å². The highest BCUT2D eigenvalue weighted by atomic mass is 79.9. The third-order valence-electron chi connectivity index (χ3n) is 2.47. The number of carbonyl (C=O) groups excluding carboxylic acids is 1. The van der Waals surface area contributed by atoms with Gasteiger partial charge >= 0.3 is 0 Å².